The van der Waals surface area contributed by atoms with Crippen LogP contribution in [0.5, 0.6) is 0 Å². The van der Waals surface area contributed by atoms with Gasteiger partial charge in [-0.25, -0.2) is 0 Å². The first kappa shape index (κ1) is 7.82. The molecule has 0 bridgehead atoms. The number of ether oxygens (including phenoxy) is 1. The molecule has 1 rings (SSSR count). The van der Waals surface area contributed by atoms with Gasteiger partial charge in [-0.15, -0.1) is 11.6 Å². The number of hydrogen-bond donors (Lipinski definition) is 1. The maximum Gasteiger partial charge on any atom is 0.325 e. The Morgan fingerprint density at radius 2 is 2.30 bits per heavy atom. The van der Waals surface area contributed by atoms with Gasteiger partial charge >= 0.3 is 5.97 Å². The third-order valence-corrected chi connectivity index (χ3v) is 2.35. The molecule has 0 heterocycles. The number of alkyl halides is 1. The van der Waals surface area contributed by atoms with Crippen molar-refractivity contribution in [2.24, 2.45) is 5.73 Å². The first-order valence-electron chi connectivity index (χ1n) is 3.11. The molecule has 58 valence electrons. The fraction of sp³-hybridized carbons (Fsp3) is 0.833. The smallest absolute Gasteiger partial charge is 0.325 e. The number of nitrogens with two attached hydrogens (primary N) is 1. The summed E-state index contributed by atoms with van der Waals surface area (Å²) in [5.74, 6) is -0.429. The molecular formula is C6H10ClNO2. The maximum absolute atomic E-state index is 10.8. The van der Waals surface area contributed by atoms with E-state index in [1.54, 1.807) is 0 Å². The molecule has 2 N–H and O–H groups in total. The predicted octanol–water partition coefficient (Wildman–Crippen LogP) is 0.258. The third kappa shape index (κ3) is 1.25. The molecule has 1 aliphatic rings. The van der Waals surface area contributed by atoms with Crippen LogP contribution in [0.4, 0.5) is 0 Å². The van der Waals surface area contributed by atoms with E-state index in [-0.39, 0.29) is 0 Å². The molecule has 0 aromatic heterocycles. The zero-order chi connectivity index (χ0) is 7.78. The van der Waals surface area contributed by atoms with Crippen LogP contribution in [0.2, 0.25) is 0 Å². The Bertz CT molecular complexity index is 156. The third-order valence-electron chi connectivity index (χ3n) is 1.74. The van der Waals surface area contributed by atoms with Gasteiger partial charge in [-0.3, -0.25) is 4.79 Å². The van der Waals surface area contributed by atoms with E-state index < -0.39 is 16.9 Å². The molecule has 1 aliphatic carbocycles. The summed E-state index contributed by atoms with van der Waals surface area (Å²) < 4.78 is 4.43. The summed E-state index contributed by atoms with van der Waals surface area (Å²) in [5, 5.41) is -0.669. The van der Waals surface area contributed by atoms with E-state index in [1.165, 1.54) is 7.11 Å². The summed E-state index contributed by atoms with van der Waals surface area (Å²) >= 11 is 5.67. The van der Waals surface area contributed by atoms with Crippen molar-refractivity contribution in [2.45, 2.75) is 23.8 Å². The molecule has 4 heteroatoms. The van der Waals surface area contributed by atoms with Gasteiger partial charge in [0.25, 0.3) is 0 Å². The SMILES string of the molecule is COC(=O)C(Cl)C1(N)CC1. The summed E-state index contributed by atoms with van der Waals surface area (Å²) in [6.45, 7) is 0. The number of carbonyl (C=O) groups excluding carboxylic acids is 1. The summed E-state index contributed by atoms with van der Waals surface area (Å²) in [4.78, 5) is 10.8. The molecule has 1 unspecified atom stereocenters. The Morgan fingerprint density at radius 1 is 1.80 bits per heavy atom. The molecule has 0 aromatic rings. The van der Waals surface area contributed by atoms with Crippen LogP contribution in [0.25, 0.3) is 0 Å². The largest absolute Gasteiger partial charge is 0.468 e. The minimum Gasteiger partial charge on any atom is -0.468 e. The molecular weight excluding hydrogens is 154 g/mol. The van der Waals surface area contributed by atoms with Crippen LogP contribution in [-0.2, 0) is 9.53 Å². The van der Waals surface area contributed by atoms with E-state index in [1.807, 2.05) is 0 Å². The molecule has 0 radical (unpaired) electrons. The van der Waals surface area contributed by atoms with Gasteiger partial charge in [0.2, 0.25) is 0 Å². The van der Waals surface area contributed by atoms with Crippen LogP contribution in [0, 0.1) is 0 Å². The van der Waals surface area contributed by atoms with E-state index in [0.717, 1.165) is 12.8 Å². The van der Waals surface area contributed by atoms with Gasteiger partial charge in [-0.1, -0.05) is 0 Å². The quantitative estimate of drug-likeness (QED) is 0.469. The maximum atomic E-state index is 10.8. The fourth-order valence-corrected chi connectivity index (χ4v) is 1.04. The van der Waals surface area contributed by atoms with Gasteiger partial charge in [-0.05, 0) is 12.8 Å². The van der Waals surface area contributed by atoms with Crippen LogP contribution in [0.1, 0.15) is 12.8 Å². The number of esters is 1. The minimum absolute atomic E-state index is 0.429. The predicted molar refractivity (Wildman–Crippen MR) is 37.8 cm³/mol. The number of methoxy groups -OCH3 is 1. The van der Waals surface area contributed by atoms with Crippen LogP contribution in [0.15, 0.2) is 0 Å². The highest BCUT2D eigenvalue weighted by Crippen LogP contribution is 2.38. The first-order valence-corrected chi connectivity index (χ1v) is 3.54. The lowest BCUT2D eigenvalue weighted by Crippen LogP contribution is -2.39. The average molecular weight is 164 g/mol. The van der Waals surface area contributed by atoms with Gasteiger partial charge < -0.3 is 10.5 Å². The molecule has 0 amide bonds. The van der Waals surface area contributed by atoms with E-state index >= 15 is 0 Å². The highest BCUT2D eigenvalue weighted by atomic mass is 35.5. The Kier molecular flexibility index (Phi) is 1.88. The number of rotatable bonds is 2. The van der Waals surface area contributed by atoms with Crippen molar-refractivity contribution in [3.63, 3.8) is 0 Å². The monoisotopic (exact) mass is 163 g/mol. The van der Waals surface area contributed by atoms with Crippen LogP contribution in [0.3, 0.4) is 0 Å². The minimum atomic E-state index is -0.669. The van der Waals surface area contributed by atoms with Crippen molar-refractivity contribution in [2.75, 3.05) is 7.11 Å². The van der Waals surface area contributed by atoms with Crippen molar-refractivity contribution >= 4 is 17.6 Å². The Balaban J connectivity index is 2.48. The van der Waals surface area contributed by atoms with E-state index in [9.17, 15) is 4.79 Å². The van der Waals surface area contributed by atoms with E-state index in [0.29, 0.717) is 0 Å². The second-order valence-electron chi connectivity index (χ2n) is 2.62. The summed E-state index contributed by atoms with van der Waals surface area (Å²) in [7, 11) is 1.31. The molecule has 3 nitrogen and oxygen atoms in total. The zero-order valence-electron chi connectivity index (χ0n) is 5.76. The Hall–Kier alpha value is -0.280. The van der Waals surface area contributed by atoms with Crippen molar-refractivity contribution in [1.82, 2.24) is 0 Å². The van der Waals surface area contributed by atoms with Crippen LogP contribution in [-0.4, -0.2) is 24.0 Å². The lowest BCUT2D eigenvalue weighted by atomic mass is 10.2. The van der Waals surface area contributed by atoms with Gasteiger partial charge in [0.15, 0.2) is 0 Å². The van der Waals surface area contributed by atoms with Gasteiger partial charge in [-0.2, -0.15) is 0 Å². The number of hydrogen-bond acceptors (Lipinski definition) is 3. The second-order valence-corrected chi connectivity index (χ2v) is 3.06. The van der Waals surface area contributed by atoms with Crippen LogP contribution >= 0.6 is 11.6 Å². The van der Waals surface area contributed by atoms with Gasteiger partial charge in [0, 0.05) is 5.54 Å². The lowest BCUT2D eigenvalue weighted by Gasteiger charge is -2.12. The Morgan fingerprint density at radius 3 is 2.60 bits per heavy atom. The highest BCUT2D eigenvalue weighted by Gasteiger charge is 2.49. The first-order chi connectivity index (χ1) is 4.60. The number of carbonyl (C=O) groups is 1. The Labute approximate surface area is 64.5 Å². The molecule has 1 saturated carbocycles. The molecule has 0 aliphatic heterocycles. The molecule has 0 spiro atoms. The number of halogens is 1. The van der Waals surface area contributed by atoms with Crippen molar-refractivity contribution in [3.05, 3.63) is 0 Å². The summed E-state index contributed by atoms with van der Waals surface area (Å²) in [6.07, 6.45) is 1.63. The van der Waals surface area contributed by atoms with Gasteiger partial charge in [0.1, 0.15) is 5.38 Å². The highest BCUT2D eigenvalue weighted by molar-refractivity contribution is 6.31. The van der Waals surface area contributed by atoms with Crippen molar-refractivity contribution in [1.29, 1.82) is 0 Å². The molecule has 0 aromatic carbocycles. The lowest BCUT2D eigenvalue weighted by molar-refractivity contribution is -0.140. The second kappa shape index (κ2) is 2.40. The van der Waals surface area contributed by atoms with Gasteiger partial charge in [0.05, 0.1) is 7.11 Å². The average Bonchev–Trinajstić information content (AvgIpc) is 2.66. The van der Waals surface area contributed by atoms with Crippen molar-refractivity contribution in [3.8, 4) is 0 Å². The summed E-state index contributed by atoms with van der Waals surface area (Å²) in [5.41, 5.74) is 5.16. The van der Waals surface area contributed by atoms with Crippen LogP contribution < -0.4 is 5.73 Å². The topological polar surface area (TPSA) is 52.3 Å². The normalized spacial score (nSPS) is 23.5. The molecule has 0 saturated heterocycles. The molecule has 1 atom stereocenters. The summed E-state index contributed by atoms with van der Waals surface area (Å²) in [6, 6.07) is 0. The fourth-order valence-electron chi connectivity index (χ4n) is 0.736. The van der Waals surface area contributed by atoms with Crippen molar-refractivity contribution < 1.29 is 9.53 Å². The molecule has 1 fully saturated rings. The van der Waals surface area contributed by atoms with E-state index in [2.05, 4.69) is 4.74 Å². The molecule has 10 heavy (non-hydrogen) atoms. The van der Waals surface area contributed by atoms with E-state index in [4.69, 9.17) is 17.3 Å². The standard InChI is InChI=1S/C6H10ClNO2/c1-10-5(9)4(7)6(8)2-3-6/h4H,2-3,8H2,1H3. The zero-order valence-corrected chi connectivity index (χ0v) is 6.52.